The summed E-state index contributed by atoms with van der Waals surface area (Å²) in [5.74, 6) is -0.602. The number of aromatic nitrogens is 3. The van der Waals surface area contributed by atoms with Crippen molar-refractivity contribution in [3.63, 3.8) is 0 Å². The number of nitrogens with zero attached hydrogens (tertiary/aromatic N) is 3. The van der Waals surface area contributed by atoms with Gasteiger partial charge in [-0.3, -0.25) is 9.97 Å². The van der Waals surface area contributed by atoms with Gasteiger partial charge in [0.05, 0.1) is 22.5 Å². The molecule has 0 bridgehead atoms. The predicted octanol–water partition coefficient (Wildman–Crippen LogP) is 2.33. The van der Waals surface area contributed by atoms with Crippen LogP contribution in [-0.4, -0.2) is 15.0 Å². The molecule has 0 aliphatic carbocycles. The quantitative estimate of drug-likeness (QED) is 0.677. The highest BCUT2D eigenvalue weighted by molar-refractivity contribution is 6.30. The predicted molar refractivity (Wildman–Crippen MR) is 50.2 cm³/mol. The van der Waals surface area contributed by atoms with Crippen LogP contribution in [0.2, 0.25) is 5.02 Å². The second kappa shape index (κ2) is 3.67. The van der Waals surface area contributed by atoms with Crippen LogP contribution in [0, 0.1) is 5.95 Å². The van der Waals surface area contributed by atoms with Crippen molar-refractivity contribution in [2.45, 2.75) is 0 Å². The Morgan fingerprint density at radius 2 is 2.00 bits per heavy atom. The molecule has 0 N–H and O–H groups in total. The van der Waals surface area contributed by atoms with Gasteiger partial charge >= 0.3 is 0 Å². The largest absolute Gasteiger partial charge is 0.261 e. The van der Waals surface area contributed by atoms with Crippen LogP contribution in [0.5, 0.6) is 0 Å². The van der Waals surface area contributed by atoms with Gasteiger partial charge in [0, 0.05) is 18.6 Å². The summed E-state index contributed by atoms with van der Waals surface area (Å²) in [6.07, 6.45) is 5.70. The molecule has 0 saturated heterocycles. The Morgan fingerprint density at radius 1 is 1.14 bits per heavy atom. The van der Waals surface area contributed by atoms with Crippen molar-refractivity contribution in [2.75, 3.05) is 0 Å². The van der Waals surface area contributed by atoms with E-state index in [4.69, 9.17) is 11.6 Å². The first-order valence-electron chi connectivity index (χ1n) is 3.85. The summed E-state index contributed by atoms with van der Waals surface area (Å²) in [6, 6.07) is 1.47. The van der Waals surface area contributed by atoms with Crippen molar-refractivity contribution in [1.82, 2.24) is 15.0 Å². The molecule has 0 aliphatic heterocycles. The maximum atomic E-state index is 13.2. The maximum Gasteiger partial charge on any atom is 0.222 e. The Kier molecular flexibility index (Phi) is 2.37. The van der Waals surface area contributed by atoms with Crippen LogP contribution in [0.15, 0.2) is 30.9 Å². The van der Waals surface area contributed by atoms with E-state index in [0.29, 0.717) is 10.7 Å². The van der Waals surface area contributed by atoms with E-state index in [0.717, 1.165) is 0 Å². The molecule has 2 aromatic heterocycles. The topological polar surface area (TPSA) is 38.7 Å². The van der Waals surface area contributed by atoms with Crippen molar-refractivity contribution in [3.8, 4) is 11.3 Å². The van der Waals surface area contributed by atoms with E-state index in [2.05, 4.69) is 15.0 Å². The molecule has 2 rings (SSSR count). The van der Waals surface area contributed by atoms with Gasteiger partial charge in [-0.1, -0.05) is 11.6 Å². The zero-order valence-corrected chi connectivity index (χ0v) is 7.74. The molecule has 0 fully saturated rings. The fourth-order valence-electron chi connectivity index (χ4n) is 1.04. The summed E-state index contributed by atoms with van der Waals surface area (Å²) in [5.41, 5.74) is 0.672. The molecule has 0 spiro atoms. The summed E-state index contributed by atoms with van der Waals surface area (Å²) in [5, 5.41) is 0.368. The van der Waals surface area contributed by atoms with Gasteiger partial charge in [0.15, 0.2) is 0 Å². The third-order valence-electron chi connectivity index (χ3n) is 1.64. The Labute approximate surface area is 84.6 Å². The summed E-state index contributed by atoms with van der Waals surface area (Å²) < 4.78 is 13.2. The number of halogens is 2. The summed E-state index contributed by atoms with van der Waals surface area (Å²) in [6.45, 7) is 0. The molecule has 0 amide bonds. The van der Waals surface area contributed by atoms with Crippen molar-refractivity contribution in [3.05, 3.63) is 41.8 Å². The maximum absolute atomic E-state index is 13.2. The van der Waals surface area contributed by atoms with Gasteiger partial charge in [-0.2, -0.15) is 4.39 Å². The van der Waals surface area contributed by atoms with Crippen LogP contribution >= 0.6 is 11.6 Å². The molecule has 14 heavy (non-hydrogen) atoms. The lowest BCUT2D eigenvalue weighted by Crippen LogP contribution is -1.91. The van der Waals surface area contributed by atoms with E-state index >= 15 is 0 Å². The zero-order chi connectivity index (χ0) is 9.97. The number of hydrogen-bond donors (Lipinski definition) is 0. The van der Waals surface area contributed by atoms with E-state index in [1.54, 1.807) is 0 Å². The van der Waals surface area contributed by atoms with Crippen LogP contribution in [0.3, 0.4) is 0 Å². The SMILES string of the molecule is Fc1ncc(Cl)cc1-c1cnccn1. The van der Waals surface area contributed by atoms with Crippen LogP contribution in [0.4, 0.5) is 4.39 Å². The molecule has 0 aliphatic rings. The molecule has 0 saturated carbocycles. The number of pyridine rings is 1. The molecular weight excluding hydrogens is 205 g/mol. The number of rotatable bonds is 1. The first-order valence-corrected chi connectivity index (χ1v) is 4.22. The minimum Gasteiger partial charge on any atom is -0.261 e. The second-order valence-electron chi connectivity index (χ2n) is 2.58. The van der Waals surface area contributed by atoms with Gasteiger partial charge in [0.1, 0.15) is 0 Å². The summed E-state index contributed by atoms with van der Waals surface area (Å²) >= 11 is 5.69. The van der Waals surface area contributed by atoms with E-state index < -0.39 is 5.95 Å². The van der Waals surface area contributed by atoms with E-state index in [-0.39, 0.29) is 5.56 Å². The van der Waals surface area contributed by atoms with Crippen molar-refractivity contribution in [1.29, 1.82) is 0 Å². The van der Waals surface area contributed by atoms with Crippen LogP contribution in [-0.2, 0) is 0 Å². The van der Waals surface area contributed by atoms with E-state index in [1.807, 2.05) is 0 Å². The van der Waals surface area contributed by atoms with Gasteiger partial charge < -0.3 is 0 Å². The normalized spacial score (nSPS) is 10.1. The van der Waals surface area contributed by atoms with Crippen LogP contribution in [0.1, 0.15) is 0 Å². The minimum absolute atomic E-state index is 0.255. The van der Waals surface area contributed by atoms with Crippen LogP contribution in [0.25, 0.3) is 11.3 Å². The molecule has 0 unspecified atom stereocenters. The van der Waals surface area contributed by atoms with E-state index in [1.165, 1.54) is 30.9 Å². The van der Waals surface area contributed by atoms with Gasteiger partial charge in [-0.25, -0.2) is 4.98 Å². The highest BCUT2D eigenvalue weighted by Gasteiger charge is 2.07. The third kappa shape index (κ3) is 1.70. The Balaban J connectivity index is 2.57. The lowest BCUT2D eigenvalue weighted by molar-refractivity contribution is 0.587. The second-order valence-corrected chi connectivity index (χ2v) is 3.02. The van der Waals surface area contributed by atoms with Gasteiger partial charge in [0.2, 0.25) is 5.95 Å². The van der Waals surface area contributed by atoms with Crippen LogP contribution < -0.4 is 0 Å². The molecule has 0 radical (unpaired) electrons. The molecule has 0 aromatic carbocycles. The smallest absolute Gasteiger partial charge is 0.222 e. The molecule has 70 valence electrons. The van der Waals surface area contributed by atoms with Crippen molar-refractivity contribution < 1.29 is 4.39 Å². The molecule has 2 aromatic rings. The van der Waals surface area contributed by atoms with Crippen molar-refractivity contribution >= 4 is 11.6 Å². The standard InChI is InChI=1S/C9H5ClFN3/c10-6-3-7(9(11)14-4-6)8-5-12-1-2-13-8/h1-5H. The number of hydrogen-bond acceptors (Lipinski definition) is 3. The first-order chi connectivity index (χ1) is 6.77. The van der Waals surface area contributed by atoms with E-state index in [9.17, 15) is 4.39 Å². The van der Waals surface area contributed by atoms with Gasteiger partial charge in [-0.05, 0) is 6.07 Å². The highest BCUT2D eigenvalue weighted by Crippen LogP contribution is 2.21. The zero-order valence-electron chi connectivity index (χ0n) is 6.98. The average Bonchev–Trinajstić information content (AvgIpc) is 2.23. The highest BCUT2D eigenvalue weighted by atomic mass is 35.5. The van der Waals surface area contributed by atoms with Gasteiger partial charge in [0.25, 0.3) is 0 Å². The molecule has 3 nitrogen and oxygen atoms in total. The lowest BCUT2D eigenvalue weighted by Gasteiger charge is -2.00. The average molecular weight is 210 g/mol. The third-order valence-corrected chi connectivity index (χ3v) is 1.85. The summed E-state index contributed by atoms with van der Waals surface area (Å²) in [4.78, 5) is 11.3. The van der Waals surface area contributed by atoms with Crippen molar-refractivity contribution in [2.24, 2.45) is 0 Å². The minimum atomic E-state index is -0.602. The Hall–Kier alpha value is -1.55. The summed E-state index contributed by atoms with van der Waals surface area (Å²) in [7, 11) is 0. The molecule has 2 heterocycles. The van der Waals surface area contributed by atoms with Gasteiger partial charge in [-0.15, -0.1) is 0 Å². The first kappa shape index (κ1) is 9.02. The monoisotopic (exact) mass is 209 g/mol. The molecular formula is C9H5ClFN3. The molecule has 0 atom stereocenters. The fraction of sp³-hybridized carbons (Fsp3) is 0. The fourth-order valence-corrected chi connectivity index (χ4v) is 1.20. The Bertz CT molecular complexity index is 447. The molecule has 5 heteroatoms. The Morgan fingerprint density at radius 3 is 2.71 bits per heavy atom. The lowest BCUT2D eigenvalue weighted by atomic mass is 10.2.